The average Bonchev–Trinajstić information content (AvgIpc) is 2.26. The largest absolute Gasteiger partial charge is 0.492 e. The van der Waals surface area contributed by atoms with Gasteiger partial charge in [0.25, 0.3) is 0 Å². The maximum absolute atomic E-state index is 9.27. The van der Waals surface area contributed by atoms with E-state index in [0.29, 0.717) is 4.90 Å². The predicted octanol–water partition coefficient (Wildman–Crippen LogP) is 0.680. The number of thioether (sulfide) groups is 1. The molecule has 0 atom stereocenters. The number of aromatic nitrogens is 1. The van der Waals surface area contributed by atoms with E-state index in [2.05, 4.69) is 4.84 Å². The standard InChI is InChI=1S/C6H9NO3S/c1-10-7-5(8)3-4(11-2)6(7)9/h3,8-9H,1-2H3. The van der Waals surface area contributed by atoms with E-state index in [1.807, 2.05) is 0 Å². The minimum Gasteiger partial charge on any atom is -0.492 e. The molecule has 1 heterocycles. The van der Waals surface area contributed by atoms with Crippen LogP contribution in [0.1, 0.15) is 0 Å². The molecule has 2 N–H and O–H groups in total. The predicted molar refractivity (Wildman–Crippen MR) is 42.0 cm³/mol. The van der Waals surface area contributed by atoms with E-state index in [-0.39, 0.29) is 11.8 Å². The molecule has 0 bridgehead atoms. The summed E-state index contributed by atoms with van der Waals surface area (Å²) in [5.74, 6) is -0.174. The highest BCUT2D eigenvalue weighted by Gasteiger charge is 2.12. The molecule has 11 heavy (non-hydrogen) atoms. The smallest absolute Gasteiger partial charge is 0.243 e. The number of nitrogens with zero attached hydrogens (tertiary/aromatic N) is 1. The number of aromatic hydroxyl groups is 2. The molecule has 0 spiro atoms. The molecule has 0 unspecified atom stereocenters. The van der Waals surface area contributed by atoms with Gasteiger partial charge in [0, 0.05) is 6.07 Å². The molecule has 0 aliphatic rings. The molecule has 0 radical (unpaired) electrons. The van der Waals surface area contributed by atoms with Gasteiger partial charge in [0.1, 0.15) is 7.11 Å². The molecule has 0 amide bonds. The zero-order valence-corrected chi connectivity index (χ0v) is 7.05. The fraction of sp³-hybridized carbons (Fsp3) is 0.333. The van der Waals surface area contributed by atoms with Crippen LogP contribution in [0, 0.1) is 0 Å². The Morgan fingerprint density at radius 2 is 2.18 bits per heavy atom. The lowest BCUT2D eigenvalue weighted by atomic mass is 10.6. The van der Waals surface area contributed by atoms with Gasteiger partial charge >= 0.3 is 0 Å². The van der Waals surface area contributed by atoms with Crippen molar-refractivity contribution in [2.24, 2.45) is 0 Å². The first-order valence-electron chi connectivity index (χ1n) is 2.92. The highest BCUT2D eigenvalue weighted by atomic mass is 32.2. The summed E-state index contributed by atoms with van der Waals surface area (Å²) < 4.78 is 0.950. The zero-order valence-electron chi connectivity index (χ0n) is 6.24. The first-order valence-corrected chi connectivity index (χ1v) is 4.15. The van der Waals surface area contributed by atoms with E-state index < -0.39 is 0 Å². The molecular weight excluding hydrogens is 166 g/mol. The first-order chi connectivity index (χ1) is 5.20. The number of rotatable bonds is 2. The summed E-state index contributed by atoms with van der Waals surface area (Å²) in [7, 11) is 1.36. The van der Waals surface area contributed by atoms with E-state index in [1.165, 1.54) is 24.9 Å². The van der Waals surface area contributed by atoms with Gasteiger partial charge < -0.3 is 15.1 Å². The molecule has 0 aliphatic heterocycles. The third-order valence-corrected chi connectivity index (χ3v) is 2.02. The minimum atomic E-state index is -0.102. The third kappa shape index (κ3) is 1.23. The van der Waals surface area contributed by atoms with Crippen LogP contribution in [0.3, 0.4) is 0 Å². The van der Waals surface area contributed by atoms with Crippen molar-refractivity contribution in [2.75, 3.05) is 13.4 Å². The minimum absolute atomic E-state index is 0.0718. The summed E-state index contributed by atoms with van der Waals surface area (Å²) in [6, 6.07) is 1.43. The molecule has 4 nitrogen and oxygen atoms in total. The molecule has 5 heteroatoms. The van der Waals surface area contributed by atoms with Crippen LogP contribution in [0.4, 0.5) is 0 Å². The number of hydrogen-bond donors (Lipinski definition) is 2. The van der Waals surface area contributed by atoms with Crippen LogP contribution < -0.4 is 4.84 Å². The van der Waals surface area contributed by atoms with Crippen molar-refractivity contribution >= 4 is 11.8 Å². The Balaban J connectivity index is 3.14. The average molecular weight is 175 g/mol. The third-order valence-electron chi connectivity index (χ3n) is 1.28. The van der Waals surface area contributed by atoms with Crippen molar-refractivity contribution < 1.29 is 15.1 Å². The molecule has 0 saturated heterocycles. The Labute approximate surface area is 68.4 Å². The summed E-state index contributed by atoms with van der Waals surface area (Å²) in [5.41, 5.74) is 0. The lowest BCUT2D eigenvalue weighted by Crippen LogP contribution is -2.03. The van der Waals surface area contributed by atoms with Gasteiger partial charge in [0.15, 0.2) is 0 Å². The van der Waals surface area contributed by atoms with Crippen molar-refractivity contribution in [1.29, 1.82) is 0 Å². The van der Waals surface area contributed by atoms with Crippen molar-refractivity contribution in [3.05, 3.63) is 6.07 Å². The Morgan fingerprint density at radius 3 is 2.45 bits per heavy atom. The maximum Gasteiger partial charge on any atom is 0.243 e. The Hall–Kier alpha value is -0.970. The van der Waals surface area contributed by atoms with Crippen molar-refractivity contribution in [3.8, 4) is 11.8 Å². The summed E-state index contributed by atoms with van der Waals surface area (Å²) >= 11 is 1.33. The molecule has 1 rings (SSSR count). The Morgan fingerprint density at radius 1 is 1.55 bits per heavy atom. The van der Waals surface area contributed by atoms with Crippen LogP contribution in [0.2, 0.25) is 0 Å². The van der Waals surface area contributed by atoms with Gasteiger partial charge in [-0.2, -0.15) is 0 Å². The second-order valence-corrected chi connectivity index (χ2v) is 2.72. The lowest BCUT2D eigenvalue weighted by molar-refractivity contribution is 0.118. The molecular formula is C6H9NO3S. The number of hydrogen-bond acceptors (Lipinski definition) is 4. The Bertz CT molecular complexity index is 259. The van der Waals surface area contributed by atoms with Gasteiger partial charge in [0.2, 0.25) is 11.8 Å². The molecule has 62 valence electrons. The van der Waals surface area contributed by atoms with E-state index in [9.17, 15) is 5.11 Å². The molecule has 1 aromatic heterocycles. The normalized spacial score (nSPS) is 10.0. The van der Waals surface area contributed by atoms with Gasteiger partial charge in [0.05, 0.1) is 4.90 Å². The molecule has 0 aromatic carbocycles. The fourth-order valence-electron chi connectivity index (χ4n) is 0.779. The maximum atomic E-state index is 9.27. The molecule has 1 aromatic rings. The van der Waals surface area contributed by atoms with Gasteiger partial charge in [-0.15, -0.1) is 16.5 Å². The van der Waals surface area contributed by atoms with Gasteiger partial charge in [-0.3, -0.25) is 0 Å². The van der Waals surface area contributed by atoms with Crippen LogP contribution in [-0.4, -0.2) is 28.3 Å². The van der Waals surface area contributed by atoms with Crippen LogP contribution in [0.25, 0.3) is 0 Å². The van der Waals surface area contributed by atoms with Gasteiger partial charge in [-0.1, -0.05) is 0 Å². The van der Waals surface area contributed by atoms with Crippen molar-refractivity contribution in [1.82, 2.24) is 4.73 Å². The summed E-state index contributed by atoms with van der Waals surface area (Å²) in [4.78, 5) is 5.25. The summed E-state index contributed by atoms with van der Waals surface area (Å²) in [6.07, 6.45) is 1.80. The Kier molecular flexibility index (Phi) is 2.19. The molecule has 0 aliphatic carbocycles. The van der Waals surface area contributed by atoms with Crippen molar-refractivity contribution in [3.63, 3.8) is 0 Å². The van der Waals surface area contributed by atoms with E-state index in [1.54, 1.807) is 6.26 Å². The molecule has 0 saturated carbocycles. The van der Waals surface area contributed by atoms with Crippen LogP contribution in [0.15, 0.2) is 11.0 Å². The summed E-state index contributed by atoms with van der Waals surface area (Å²) in [5, 5.41) is 18.4. The zero-order chi connectivity index (χ0) is 8.43. The van der Waals surface area contributed by atoms with E-state index in [4.69, 9.17) is 5.11 Å². The first kappa shape index (κ1) is 8.13. The van der Waals surface area contributed by atoms with Crippen LogP contribution in [0.5, 0.6) is 11.8 Å². The second kappa shape index (κ2) is 2.96. The molecule has 0 fully saturated rings. The van der Waals surface area contributed by atoms with Gasteiger partial charge in [-0.25, -0.2) is 0 Å². The monoisotopic (exact) mass is 175 g/mol. The van der Waals surface area contributed by atoms with E-state index >= 15 is 0 Å². The SMILES string of the molecule is COn1c(O)cc(SC)c1O. The fourth-order valence-corrected chi connectivity index (χ4v) is 1.27. The second-order valence-electron chi connectivity index (χ2n) is 1.87. The van der Waals surface area contributed by atoms with Crippen LogP contribution in [-0.2, 0) is 0 Å². The van der Waals surface area contributed by atoms with E-state index in [0.717, 1.165) is 4.73 Å². The highest BCUT2D eigenvalue weighted by Crippen LogP contribution is 2.32. The highest BCUT2D eigenvalue weighted by molar-refractivity contribution is 7.98. The lowest BCUT2D eigenvalue weighted by Gasteiger charge is -2.02. The van der Waals surface area contributed by atoms with Crippen molar-refractivity contribution in [2.45, 2.75) is 4.90 Å². The van der Waals surface area contributed by atoms with Crippen LogP contribution >= 0.6 is 11.8 Å². The quantitative estimate of drug-likeness (QED) is 0.649. The summed E-state index contributed by atoms with van der Waals surface area (Å²) in [6.45, 7) is 0. The van der Waals surface area contributed by atoms with Gasteiger partial charge in [-0.05, 0) is 6.26 Å². The topological polar surface area (TPSA) is 54.6 Å².